The number of aryl methyl sites for hydroxylation is 5. The van der Waals surface area contributed by atoms with Gasteiger partial charge in [-0.2, -0.15) is 56.6 Å². The van der Waals surface area contributed by atoms with E-state index in [0.29, 0.717) is 137 Å². The summed E-state index contributed by atoms with van der Waals surface area (Å²) in [7, 11) is 0. The summed E-state index contributed by atoms with van der Waals surface area (Å²) in [5, 5.41) is 98.9. The van der Waals surface area contributed by atoms with E-state index < -0.39 is 64.1 Å². The lowest BCUT2D eigenvalue weighted by Crippen LogP contribution is -2.57. The topological polar surface area (TPSA) is 469 Å². The molecule has 11 aromatic rings. The van der Waals surface area contributed by atoms with Gasteiger partial charge >= 0.3 is 12.4 Å². The molecule has 0 bridgehead atoms. The predicted octanol–water partition coefficient (Wildman–Crippen LogP) is 20.0. The summed E-state index contributed by atoms with van der Waals surface area (Å²) in [4.78, 5) is 59.4. The second-order valence-corrected chi connectivity index (χ2v) is 42.6. The molecule has 150 heavy (non-hydrogen) atoms. The van der Waals surface area contributed by atoms with Gasteiger partial charge < -0.3 is 63.1 Å². The lowest BCUT2D eigenvalue weighted by Gasteiger charge is -2.52. The fourth-order valence-corrected chi connectivity index (χ4v) is 19.2. The summed E-state index contributed by atoms with van der Waals surface area (Å²) < 4.78 is 150. The Labute approximate surface area is 866 Å². The van der Waals surface area contributed by atoms with Crippen molar-refractivity contribution in [3.63, 3.8) is 0 Å². The van der Waals surface area contributed by atoms with E-state index in [1.54, 1.807) is 69.5 Å². The SMILES string of the molecule is CC(C)c1ncccc1CNc1ncc(C#N)c(N[C@H]2C[C@@H](CO)C2(C)C)n1.CC(F)(F)c1cc[n+]([O-])cc1CCc1ncc(C(F)(F)F)c(N[C@H]2C[C@@H](CO)C2(C)C)n1.CC(F)(F)c1cc[n+]([O-])cc1CCc1ncc(C(F)(F)F)c(N[C@H]2C[C@H](O)C2(C)C)n1.CC1(C)CCC(Cc2nc(NCc3cnccc3-c3ccc(F)cc3)ncc2C#N)CC1.CCc1ncncc1CNc1ncc(C#N)c(C[C@H]2C[C@H](C)C2(C)C)n1.[OH-]. The minimum Gasteiger partial charge on any atom is -0.870 e. The molecule has 0 unspecified atom stereocenters. The van der Waals surface area contributed by atoms with Crippen LogP contribution in [0.1, 0.15) is 269 Å². The van der Waals surface area contributed by atoms with E-state index in [-0.39, 0.29) is 126 Å². The summed E-state index contributed by atoms with van der Waals surface area (Å²) in [5.41, 5.74) is 7.24. The van der Waals surface area contributed by atoms with Gasteiger partial charge in [0.1, 0.15) is 76.1 Å². The van der Waals surface area contributed by atoms with E-state index in [2.05, 4.69) is 189 Å². The van der Waals surface area contributed by atoms with Crippen molar-refractivity contribution in [3.8, 4) is 29.3 Å². The minimum atomic E-state index is -4.70. The monoisotopic (exact) mass is 2080 g/mol. The Hall–Kier alpha value is -13.8. The molecule has 0 aliphatic heterocycles. The number of aliphatic hydroxyl groups is 3. The summed E-state index contributed by atoms with van der Waals surface area (Å²) in [6.45, 7) is 32.4. The molecule has 0 spiro atoms. The number of aliphatic hydroxyl groups excluding tert-OH is 3. The van der Waals surface area contributed by atoms with E-state index in [0.717, 1.165) is 113 Å². The number of nitriles is 3. The normalized spacial score (nSPS) is 19.5. The average molecular weight is 2080 g/mol. The second-order valence-electron chi connectivity index (χ2n) is 42.6. The minimum absolute atomic E-state index is 0. The smallest absolute Gasteiger partial charge is 0.421 e. The van der Waals surface area contributed by atoms with Crippen molar-refractivity contribution in [1.82, 2.24) is 69.8 Å². The van der Waals surface area contributed by atoms with Crippen LogP contribution < -0.4 is 41.4 Å². The van der Waals surface area contributed by atoms with Crippen LogP contribution in [0.5, 0.6) is 0 Å². The highest BCUT2D eigenvalue weighted by Gasteiger charge is 2.52. The van der Waals surface area contributed by atoms with E-state index in [1.807, 2.05) is 38.2 Å². The molecular weight excluding hydrogens is 1950 g/mol. The van der Waals surface area contributed by atoms with Crippen LogP contribution in [0.3, 0.4) is 0 Å². The molecule has 0 amide bonds. The molecule has 5 aliphatic carbocycles. The van der Waals surface area contributed by atoms with Crippen LogP contribution in [-0.4, -0.2) is 128 Å². The molecule has 802 valence electrons. The Morgan fingerprint density at radius 1 is 0.480 bits per heavy atom. The van der Waals surface area contributed by atoms with Gasteiger partial charge in [-0.05, 0) is 187 Å². The van der Waals surface area contributed by atoms with Crippen LogP contribution in [0, 0.1) is 107 Å². The van der Waals surface area contributed by atoms with E-state index >= 15 is 0 Å². The van der Waals surface area contributed by atoms with Crippen LogP contribution in [0.15, 0.2) is 141 Å². The Morgan fingerprint density at radius 2 is 0.947 bits per heavy atom. The summed E-state index contributed by atoms with van der Waals surface area (Å²) >= 11 is 0. The zero-order valence-electron chi connectivity index (χ0n) is 87.0. The molecule has 8 atom stereocenters. The second kappa shape index (κ2) is 48.9. The van der Waals surface area contributed by atoms with Gasteiger partial charge in [0.25, 0.3) is 11.8 Å². The molecule has 10 aromatic heterocycles. The number of hydrogen-bond acceptors (Lipinski definition) is 29. The molecule has 0 radical (unpaired) electrons. The molecule has 10 heterocycles. The first kappa shape index (κ1) is 117. The van der Waals surface area contributed by atoms with Crippen LogP contribution >= 0.6 is 0 Å². The third-order valence-electron chi connectivity index (χ3n) is 30.3. The highest BCUT2D eigenvalue weighted by Crippen LogP contribution is 2.54. The number of hydrogen-bond donors (Lipinski definition) is 9. The number of nitrogens with zero attached hydrogens (tertiary/aromatic N) is 19. The first-order valence-corrected chi connectivity index (χ1v) is 49.8. The Bertz CT molecular complexity index is 6560. The number of rotatable bonds is 32. The van der Waals surface area contributed by atoms with Gasteiger partial charge in [0.15, 0.2) is 24.8 Å². The van der Waals surface area contributed by atoms with Crippen molar-refractivity contribution < 1.29 is 78.6 Å². The van der Waals surface area contributed by atoms with E-state index in [1.165, 1.54) is 44.2 Å². The predicted molar refractivity (Wildman–Crippen MR) is 541 cm³/mol. The van der Waals surface area contributed by atoms with Gasteiger partial charge in [-0.15, -0.1) is 0 Å². The van der Waals surface area contributed by atoms with Gasteiger partial charge in [-0.1, -0.05) is 115 Å². The van der Waals surface area contributed by atoms with Crippen molar-refractivity contribution in [3.05, 3.63) is 259 Å². The summed E-state index contributed by atoms with van der Waals surface area (Å²) in [6, 6.07) is 20.4. The fourth-order valence-electron chi connectivity index (χ4n) is 19.2. The largest absolute Gasteiger partial charge is 0.870 e. The fraction of sp³-hybridized carbons (Fsp3) is 0.509. The molecule has 16 rings (SSSR count). The van der Waals surface area contributed by atoms with Crippen LogP contribution in [0.2, 0.25) is 0 Å². The maximum atomic E-state index is 13.8. The Kier molecular flexibility index (Phi) is 38.0. The molecule has 42 heteroatoms. The highest BCUT2D eigenvalue weighted by molar-refractivity contribution is 5.67. The number of nitrogens with one attached hydrogen (secondary N) is 6. The first-order chi connectivity index (χ1) is 70.2. The molecule has 1 aromatic carbocycles. The van der Waals surface area contributed by atoms with Gasteiger partial charge in [-0.25, -0.2) is 76.8 Å². The number of halogens is 11. The van der Waals surface area contributed by atoms with Crippen LogP contribution in [0.25, 0.3) is 11.1 Å². The van der Waals surface area contributed by atoms with Crippen molar-refractivity contribution in [1.29, 1.82) is 15.8 Å². The van der Waals surface area contributed by atoms with Gasteiger partial charge in [0.05, 0.1) is 47.2 Å². The molecular formula is C108H131F11N25O6-. The maximum absolute atomic E-state index is 13.8. The third kappa shape index (κ3) is 29.3. The van der Waals surface area contributed by atoms with E-state index in [9.17, 15) is 89.8 Å². The van der Waals surface area contributed by atoms with Crippen LogP contribution in [-0.2, 0) is 88.8 Å². The number of anilines is 6. The molecule has 10 N–H and O–H groups in total. The lowest BCUT2D eigenvalue weighted by molar-refractivity contribution is -0.606. The molecule has 31 nitrogen and oxygen atoms in total. The molecule has 5 saturated carbocycles. The van der Waals surface area contributed by atoms with Crippen LogP contribution in [0.4, 0.5) is 83.6 Å². The number of aromatic nitrogens is 16. The molecule has 0 saturated heterocycles. The Balaban J connectivity index is 0.000000178. The zero-order valence-corrected chi connectivity index (χ0v) is 87.0. The van der Waals surface area contributed by atoms with Gasteiger partial charge in [0, 0.05) is 172 Å². The Morgan fingerprint density at radius 3 is 1.39 bits per heavy atom. The lowest BCUT2D eigenvalue weighted by atomic mass is 9.54. The number of benzene rings is 1. The number of alkyl halides is 10. The van der Waals surface area contributed by atoms with Crippen molar-refractivity contribution in [2.75, 3.05) is 45.1 Å². The highest BCUT2D eigenvalue weighted by atomic mass is 19.4. The first-order valence-electron chi connectivity index (χ1n) is 49.8. The van der Waals surface area contributed by atoms with E-state index in [4.69, 9.17) is 0 Å². The summed E-state index contributed by atoms with van der Waals surface area (Å²) in [6.07, 6.45) is 18.6. The quantitative estimate of drug-likeness (QED) is 0.0107. The third-order valence-corrected chi connectivity index (χ3v) is 30.3. The standard InChI is InChI=1S/C26H28FN5.C21H25F5N4O2.C21H28N6O.C20H23F5N4O2.C20H26N6.H2O/c1-26(2)10-7-18(8-11-26)13-24-20(14-28)16-30-25(32-24)31-17-21-15-29-12-9-23(21)19-3-5-22(27)6-4-19;1-19(2)13(11-31)8-16(19)28-18-15(21(24,25)26)9-27-17(29-18)5-4-12-10-30(32)7-6-14(12)20(3,22)23;1-13(2)18-14(6-5-7-23-18)10-24-20-25-11-15(9-22)19(27-20)26-17-8-16(12-28)21(17,3)4;1-18(2)14(8-15(18)30)27-17-13(20(23,24)25)9-26-16(28-17)5-4-11-10-29(31)7-6-12(11)19(3,21)22;1-5-17-15(9-22-12-25-17)11-24-19-23-10-14(8-21)18(26-19)7-16-6-13(2)20(16,3)4;/h3-6,9,12,15-16,18H,7-8,10-11,13,17H2,1-2H3,(H,30,31,32);6-7,9-10,13,16,31H,4-5,8,11H2,1-3H3,(H,27,28,29);5-7,11,13,16-17,28H,8,10,12H2,1-4H3,(H2,24,25,26,27);6-7,9-10,14-15,30H,4-5,8H2,1-3H3,(H,26,27,28);9-10,12-13,16H,5-7,11H2,1-4H3,(H,23,24,26);1H2/p-1/t;13-,16-;16-,17-;14-,15-;13-,16+;/m.0000./s1. The van der Waals surface area contributed by atoms with Crippen molar-refractivity contribution in [2.45, 2.75) is 281 Å². The molecule has 5 fully saturated rings. The average Bonchev–Trinajstić information content (AvgIpc) is 0.762. The van der Waals surface area contributed by atoms with Crippen molar-refractivity contribution >= 4 is 35.3 Å². The van der Waals surface area contributed by atoms with Gasteiger partial charge in [0.2, 0.25) is 17.8 Å². The van der Waals surface area contributed by atoms with Gasteiger partial charge in [-0.3, -0.25) is 9.97 Å². The molecule has 5 aliphatic rings. The maximum Gasteiger partial charge on any atom is 0.421 e. The summed E-state index contributed by atoms with van der Waals surface area (Å²) in [5.74, 6) is -2.96. The zero-order chi connectivity index (χ0) is 109. The van der Waals surface area contributed by atoms with Crippen molar-refractivity contribution in [2.24, 2.45) is 56.7 Å². The number of pyridine rings is 4.